The number of esters is 1. The molecule has 3 unspecified atom stereocenters. The molecule has 0 fully saturated rings. The van der Waals surface area contributed by atoms with E-state index in [1.807, 2.05) is 0 Å². The summed E-state index contributed by atoms with van der Waals surface area (Å²) in [6.07, 6.45) is 52.2. The Morgan fingerprint density at radius 3 is 1.45 bits per heavy atom. The molecule has 3 atom stereocenters. The number of aliphatic hydroxyl groups is 2. The molecule has 0 saturated heterocycles. The van der Waals surface area contributed by atoms with Gasteiger partial charge < -0.3 is 24.6 Å². The van der Waals surface area contributed by atoms with E-state index < -0.39 is 45.8 Å². The van der Waals surface area contributed by atoms with E-state index in [1.165, 1.54) is 0 Å². The van der Waals surface area contributed by atoms with Gasteiger partial charge in [0.25, 0.3) is 0 Å². The molecule has 0 bridgehead atoms. The van der Waals surface area contributed by atoms with Crippen LogP contribution in [-0.2, 0) is 27.9 Å². The van der Waals surface area contributed by atoms with Gasteiger partial charge in [0.2, 0.25) is 0 Å². The number of phosphoric ester groups is 1. The fourth-order valence-corrected chi connectivity index (χ4v) is 5.89. The summed E-state index contributed by atoms with van der Waals surface area (Å²) in [5.41, 5.74) is 0. The van der Waals surface area contributed by atoms with Gasteiger partial charge in [-0.25, -0.2) is 4.57 Å². The normalized spacial score (nSPS) is 15.0. The van der Waals surface area contributed by atoms with Crippen molar-refractivity contribution < 1.29 is 43.0 Å². The number of allylic oxidation sites excluding steroid dienone is 16. The van der Waals surface area contributed by atoms with Crippen LogP contribution in [0.2, 0.25) is 0 Å². The predicted octanol–water partition coefficient (Wildman–Crippen LogP) is 11.7. The zero-order valence-electron chi connectivity index (χ0n) is 34.8. The zero-order chi connectivity index (χ0) is 41.1. The molecule has 0 aliphatic heterocycles. The maximum atomic E-state index is 12.6. The SMILES string of the molecule is CC/C=C\C/C=C\C/C=C\C/C=C\C/C=C\CCCCCCCC(=O)OC(COCCCCCC/C=C\C/C=C\C/C=C\CC)COP(=O)(O)OCC(O)CO. The molecule has 0 saturated carbocycles. The zero-order valence-corrected chi connectivity index (χ0v) is 35.7. The highest BCUT2D eigenvalue weighted by atomic mass is 31.2. The summed E-state index contributed by atoms with van der Waals surface area (Å²) in [4.78, 5) is 22.6. The van der Waals surface area contributed by atoms with Crippen LogP contribution in [0.3, 0.4) is 0 Å². The van der Waals surface area contributed by atoms with Gasteiger partial charge >= 0.3 is 13.8 Å². The molecule has 0 radical (unpaired) electrons. The van der Waals surface area contributed by atoms with Gasteiger partial charge in [-0.15, -0.1) is 0 Å². The van der Waals surface area contributed by atoms with E-state index in [-0.39, 0.29) is 13.0 Å². The molecule has 0 aromatic carbocycles. The molecule has 0 rings (SSSR count). The fourth-order valence-electron chi connectivity index (χ4n) is 5.10. The van der Waals surface area contributed by atoms with E-state index in [9.17, 15) is 19.4 Å². The molecule has 3 N–H and O–H groups in total. The Kier molecular flexibility index (Phi) is 40.0. The molecule has 0 aliphatic rings. The molecule has 10 heteroatoms. The monoisotopic (exact) mass is 805 g/mol. The van der Waals surface area contributed by atoms with Gasteiger partial charge in [0, 0.05) is 13.0 Å². The average molecular weight is 805 g/mol. The maximum absolute atomic E-state index is 12.6. The predicted molar refractivity (Wildman–Crippen MR) is 232 cm³/mol. The number of carbonyl (C=O) groups is 1. The Balaban J connectivity index is 4.28. The Morgan fingerprint density at radius 2 is 0.964 bits per heavy atom. The van der Waals surface area contributed by atoms with Crippen LogP contribution < -0.4 is 0 Å². The van der Waals surface area contributed by atoms with Crippen LogP contribution in [-0.4, -0.2) is 66.3 Å². The smallest absolute Gasteiger partial charge is 0.457 e. The lowest BCUT2D eigenvalue weighted by molar-refractivity contribution is -0.154. The Hall–Kier alpha value is -2.62. The lowest BCUT2D eigenvalue weighted by Gasteiger charge is -2.20. The molecule has 0 aromatic rings. The minimum atomic E-state index is -4.54. The summed E-state index contributed by atoms with van der Waals surface area (Å²) in [7, 11) is -4.54. The molecule has 0 heterocycles. The van der Waals surface area contributed by atoms with Gasteiger partial charge in [-0.1, -0.05) is 143 Å². The second-order valence-electron chi connectivity index (χ2n) is 13.6. The molecule has 0 aromatic heterocycles. The van der Waals surface area contributed by atoms with E-state index in [1.54, 1.807) is 0 Å². The van der Waals surface area contributed by atoms with Crippen LogP contribution in [0.4, 0.5) is 0 Å². The number of hydrogen-bond acceptors (Lipinski definition) is 8. The fraction of sp³-hybridized carbons (Fsp3) is 0.630. The van der Waals surface area contributed by atoms with Crippen molar-refractivity contribution in [2.75, 3.05) is 33.0 Å². The Labute approximate surface area is 340 Å². The Bertz CT molecular complexity index is 1190. The highest BCUT2D eigenvalue weighted by Crippen LogP contribution is 2.43. The van der Waals surface area contributed by atoms with Gasteiger partial charge in [0.1, 0.15) is 12.2 Å². The molecule has 9 nitrogen and oxygen atoms in total. The van der Waals surface area contributed by atoms with Crippen molar-refractivity contribution in [2.24, 2.45) is 0 Å². The minimum absolute atomic E-state index is 0.0191. The third-order valence-electron chi connectivity index (χ3n) is 8.27. The summed E-state index contributed by atoms with van der Waals surface area (Å²) in [5.74, 6) is -0.415. The standard InChI is InChI=1S/C46H77O9P/c1-3-5-7-9-11-13-15-17-19-20-21-22-23-24-25-26-28-30-32-34-36-38-46(49)55-45(43-54-56(50,51)53-41-44(48)40-47)42-52-39-37-35-33-31-29-27-18-16-14-12-10-8-6-4-2/h5-8,11-14,17-19,21-22,24-25,27,44-45,47-48H,3-4,9-10,15-16,20,23,26,28-43H2,1-2H3,(H,50,51)/b7-5-,8-6-,13-11-,14-12-,19-17-,22-21-,25-24-,27-18-. The molecule has 56 heavy (non-hydrogen) atoms. The summed E-state index contributed by atoms with van der Waals surface area (Å²) in [5, 5.41) is 18.3. The number of ether oxygens (including phenoxy) is 2. The number of carbonyl (C=O) groups excluding carboxylic acids is 1. The number of phosphoric acid groups is 1. The van der Waals surface area contributed by atoms with E-state index in [2.05, 4.69) is 111 Å². The average Bonchev–Trinajstić information content (AvgIpc) is 3.19. The second kappa shape index (κ2) is 42.0. The quantitative estimate of drug-likeness (QED) is 0.0240. The summed E-state index contributed by atoms with van der Waals surface area (Å²) in [6, 6.07) is 0. The number of aliphatic hydroxyl groups excluding tert-OH is 2. The van der Waals surface area contributed by atoms with Gasteiger partial charge in [-0.05, 0) is 89.9 Å². The molecule has 0 spiro atoms. The van der Waals surface area contributed by atoms with Crippen molar-refractivity contribution in [1.29, 1.82) is 0 Å². The molecule has 0 aliphatic carbocycles. The summed E-state index contributed by atoms with van der Waals surface area (Å²) in [6.45, 7) is 3.17. The van der Waals surface area contributed by atoms with Gasteiger partial charge in [0.05, 0.1) is 26.4 Å². The minimum Gasteiger partial charge on any atom is -0.457 e. The molecular formula is C46H77O9P. The third kappa shape index (κ3) is 41.0. The number of hydrogen-bond donors (Lipinski definition) is 3. The molecule has 0 amide bonds. The van der Waals surface area contributed by atoms with E-state index in [4.69, 9.17) is 23.6 Å². The van der Waals surface area contributed by atoms with Crippen LogP contribution in [0.15, 0.2) is 97.2 Å². The topological polar surface area (TPSA) is 132 Å². The van der Waals surface area contributed by atoms with Crippen LogP contribution in [0.1, 0.15) is 142 Å². The van der Waals surface area contributed by atoms with Crippen molar-refractivity contribution in [2.45, 2.75) is 154 Å². The Morgan fingerprint density at radius 1 is 0.554 bits per heavy atom. The first-order valence-corrected chi connectivity index (χ1v) is 22.7. The summed E-state index contributed by atoms with van der Waals surface area (Å²) >= 11 is 0. The highest BCUT2D eigenvalue weighted by molar-refractivity contribution is 7.47. The second-order valence-corrected chi connectivity index (χ2v) is 15.0. The van der Waals surface area contributed by atoms with Crippen molar-refractivity contribution >= 4 is 13.8 Å². The van der Waals surface area contributed by atoms with E-state index >= 15 is 0 Å². The van der Waals surface area contributed by atoms with Crippen LogP contribution in [0.25, 0.3) is 0 Å². The lowest BCUT2D eigenvalue weighted by atomic mass is 10.1. The van der Waals surface area contributed by atoms with Crippen molar-refractivity contribution in [3.63, 3.8) is 0 Å². The maximum Gasteiger partial charge on any atom is 0.472 e. The first-order chi connectivity index (χ1) is 27.3. The molecule has 320 valence electrons. The van der Waals surface area contributed by atoms with Crippen molar-refractivity contribution in [3.8, 4) is 0 Å². The third-order valence-corrected chi connectivity index (χ3v) is 9.22. The largest absolute Gasteiger partial charge is 0.472 e. The first kappa shape index (κ1) is 53.4. The van der Waals surface area contributed by atoms with Crippen molar-refractivity contribution in [1.82, 2.24) is 0 Å². The van der Waals surface area contributed by atoms with Crippen molar-refractivity contribution in [3.05, 3.63) is 97.2 Å². The summed E-state index contributed by atoms with van der Waals surface area (Å²) < 4.78 is 33.3. The van der Waals surface area contributed by atoms with Gasteiger partial charge in [0.15, 0.2) is 0 Å². The number of rotatable bonds is 39. The van der Waals surface area contributed by atoms with Gasteiger partial charge in [-0.2, -0.15) is 0 Å². The van der Waals surface area contributed by atoms with E-state index in [0.717, 1.165) is 116 Å². The van der Waals surface area contributed by atoms with Crippen LogP contribution >= 0.6 is 7.82 Å². The van der Waals surface area contributed by atoms with Crippen LogP contribution in [0.5, 0.6) is 0 Å². The van der Waals surface area contributed by atoms with Gasteiger partial charge in [-0.3, -0.25) is 13.8 Å². The van der Waals surface area contributed by atoms with Crippen LogP contribution in [0, 0.1) is 0 Å². The van der Waals surface area contributed by atoms with E-state index in [0.29, 0.717) is 13.0 Å². The number of unbranched alkanes of at least 4 members (excludes halogenated alkanes) is 9. The molecular weight excluding hydrogens is 727 g/mol. The highest BCUT2D eigenvalue weighted by Gasteiger charge is 2.26. The lowest BCUT2D eigenvalue weighted by Crippen LogP contribution is -2.29. The first-order valence-electron chi connectivity index (χ1n) is 21.2.